The van der Waals surface area contributed by atoms with E-state index >= 15 is 0 Å². The van der Waals surface area contributed by atoms with Crippen LogP contribution in [0.3, 0.4) is 0 Å². The third-order valence-electron chi connectivity index (χ3n) is 2.83. The molecular formula is C14H14N2O4S. The number of fused-ring (bicyclic) bond motifs is 1. The van der Waals surface area contributed by atoms with Crippen LogP contribution in [0.25, 0.3) is 0 Å². The topological polar surface area (TPSA) is 69.7 Å². The zero-order chi connectivity index (χ0) is 14.7. The Hall–Kier alpha value is -2.28. The van der Waals surface area contributed by atoms with Gasteiger partial charge in [0.15, 0.2) is 11.5 Å². The molecule has 0 atom stereocenters. The fourth-order valence-electron chi connectivity index (χ4n) is 1.84. The summed E-state index contributed by atoms with van der Waals surface area (Å²) in [6.07, 6.45) is 0. The van der Waals surface area contributed by atoms with E-state index in [9.17, 15) is 4.79 Å². The van der Waals surface area contributed by atoms with Crippen molar-refractivity contribution in [1.29, 1.82) is 0 Å². The number of hydrogen-bond donors (Lipinski definition) is 1. The molecule has 0 spiro atoms. The molecule has 1 aliphatic rings. The van der Waals surface area contributed by atoms with Gasteiger partial charge in [-0.2, -0.15) is 0 Å². The fraction of sp³-hybridized carbons (Fsp3) is 0.286. The molecule has 0 aliphatic carbocycles. The van der Waals surface area contributed by atoms with E-state index < -0.39 is 0 Å². The van der Waals surface area contributed by atoms with Crippen LogP contribution in [0.5, 0.6) is 17.2 Å². The first-order valence-electron chi connectivity index (χ1n) is 6.51. The van der Waals surface area contributed by atoms with Gasteiger partial charge in [-0.25, -0.2) is 4.98 Å². The molecular weight excluding hydrogens is 292 g/mol. The normalized spacial score (nSPS) is 12.2. The summed E-state index contributed by atoms with van der Waals surface area (Å²) in [7, 11) is 0. The largest absolute Gasteiger partial charge is 0.486 e. The molecule has 0 saturated heterocycles. The van der Waals surface area contributed by atoms with Crippen molar-refractivity contribution >= 4 is 17.2 Å². The molecule has 1 aromatic carbocycles. The predicted octanol–water partition coefficient (Wildman–Crippen LogP) is 2.20. The van der Waals surface area contributed by atoms with Crippen LogP contribution in [0.1, 0.15) is 22.4 Å². The van der Waals surface area contributed by atoms with E-state index in [0.717, 1.165) is 10.8 Å². The number of nitrogens with zero attached hydrogens (tertiary/aromatic N) is 1. The Morgan fingerprint density at radius 1 is 1.43 bits per heavy atom. The van der Waals surface area contributed by atoms with Crippen molar-refractivity contribution in [3.8, 4) is 17.2 Å². The van der Waals surface area contributed by atoms with Crippen LogP contribution >= 0.6 is 11.3 Å². The number of benzene rings is 1. The number of aromatic nitrogens is 1. The fourth-order valence-corrected chi connectivity index (χ4v) is 2.53. The quantitative estimate of drug-likeness (QED) is 0.917. The van der Waals surface area contributed by atoms with Crippen molar-refractivity contribution in [3.63, 3.8) is 0 Å². The molecule has 2 aromatic rings. The Bertz CT molecular complexity index is 656. The average Bonchev–Trinajstić information content (AvgIpc) is 3.14. The highest BCUT2D eigenvalue weighted by Crippen LogP contribution is 2.35. The highest BCUT2D eigenvalue weighted by atomic mass is 32.1. The molecule has 0 fully saturated rings. The molecule has 110 valence electrons. The van der Waals surface area contributed by atoms with Gasteiger partial charge in [0.05, 0.1) is 0 Å². The highest BCUT2D eigenvalue weighted by molar-refractivity contribution is 7.09. The molecule has 21 heavy (non-hydrogen) atoms. The lowest BCUT2D eigenvalue weighted by Crippen LogP contribution is -2.22. The minimum atomic E-state index is -0.164. The summed E-state index contributed by atoms with van der Waals surface area (Å²) in [6.45, 7) is 3.00. The SMILES string of the molecule is CCNC(=O)c1csc(COc2ccc3c(c2)OCO3)n1. The van der Waals surface area contributed by atoms with Crippen molar-refractivity contribution < 1.29 is 19.0 Å². The first kappa shape index (κ1) is 13.7. The van der Waals surface area contributed by atoms with E-state index in [4.69, 9.17) is 14.2 Å². The second-order valence-corrected chi connectivity index (χ2v) is 5.23. The first-order chi connectivity index (χ1) is 10.3. The summed E-state index contributed by atoms with van der Waals surface area (Å²) in [4.78, 5) is 15.9. The molecule has 1 N–H and O–H groups in total. The van der Waals surface area contributed by atoms with Crippen LogP contribution in [-0.4, -0.2) is 24.2 Å². The Morgan fingerprint density at radius 2 is 2.29 bits per heavy atom. The molecule has 3 rings (SSSR count). The van der Waals surface area contributed by atoms with Crippen molar-refractivity contribution in [2.45, 2.75) is 13.5 Å². The average molecular weight is 306 g/mol. The number of hydrogen-bond acceptors (Lipinski definition) is 6. The maximum absolute atomic E-state index is 11.6. The van der Waals surface area contributed by atoms with Gasteiger partial charge in [0.25, 0.3) is 5.91 Å². The predicted molar refractivity (Wildman–Crippen MR) is 77.0 cm³/mol. The Balaban J connectivity index is 1.61. The van der Waals surface area contributed by atoms with Gasteiger partial charge in [-0.05, 0) is 19.1 Å². The lowest BCUT2D eigenvalue weighted by Gasteiger charge is -2.04. The molecule has 1 aromatic heterocycles. The zero-order valence-electron chi connectivity index (χ0n) is 11.4. The van der Waals surface area contributed by atoms with E-state index in [1.54, 1.807) is 17.5 Å². The minimum Gasteiger partial charge on any atom is -0.486 e. The molecule has 6 nitrogen and oxygen atoms in total. The first-order valence-corrected chi connectivity index (χ1v) is 7.39. The van der Waals surface area contributed by atoms with Crippen LogP contribution in [0, 0.1) is 0 Å². The van der Waals surface area contributed by atoms with Crippen LogP contribution in [0.2, 0.25) is 0 Å². The van der Waals surface area contributed by atoms with Crippen molar-refractivity contribution in [2.24, 2.45) is 0 Å². The molecule has 0 unspecified atom stereocenters. The minimum absolute atomic E-state index is 0.164. The van der Waals surface area contributed by atoms with E-state index in [0.29, 0.717) is 30.3 Å². The van der Waals surface area contributed by atoms with Crippen LogP contribution in [-0.2, 0) is 6.61 Å². The molecule has 0 saturated carbocycles. The molecule has 7 heteroatoms. The van der Waals surface area contributed by atoms with Crippen molar-refractivity contribution in [3.05, 3.63) is 34.3 Å². The second kappa shape index (κ2) is 6.01. The summed E-state index contributed by atoms with van der Waals surface area (Å²) >= 11 is 1.40. The smallest absolute Gasteiger partial charge is 0.270 e. The lowest BCUT2D eigenvalue weighted by molar-refractivity contribution is 0.0951. The second-order valence-electron chi connectivity index (χ2n) is 4.29. The summed E-state index contributed by atoms with van der Waals surface area (Å²) in [5.74, 6) is 1.90. The zero-order valence-corrected chi connectivity index (χ0v) is 12.2. The van der Waals surface area contributed by atoms with E-state index in [-0.39, 0.29) is 12.7 Å². The highest BCUT2D eigenvalue weighted by Gasteiger charge is 2.14. The molecule has 2 heterocycles. The maximum atomic E-state index is 11.6. The molecule has 1 amide bonds. The molecule has 0 radical (unpaired) electrons. The standard InChI is InChI=1S/C14H14N2O4S/c1-2-15-14(17)10-7-21-13(16-10)6-18-9-3-4-11-12(5-9)20-8-19-11/h3-5,7H,2,6,8H2,1H3,(H,15,17). The van der Waals surface area contributed by atoms with Gasteiger partial charge in [0.1, 0.15) is 23.1 Å². The number of carbonyl (C=O) groups is 1. The summed E-state index contributed by atoms with van der Waals surface area (Å²) in [5, 5.41) is 5.18. The van der Waals surface area contributed by atoms with E-state index in [2.05, 4.69) is 10.3 Å². The Morgan fingerprint density at radius 3 is 3.14 bits per heavy atom. The third kappa shape index (κ3) is 3.08. The Kier molecular flexibility index (Phi) is 3.92. The number of nitrogens with one attached hydrogen (secondary N) is 1. The van der Waals surface area contributed by atoms with Crippen LogP contribution < -0.4 is 19.5 Å². The number of carbonyl (C=O) groups excluding carboxylic acids is 1. The van der Waals surface area contributed by atoms with Gasteiger partial charge < -0.3 is 19.5 Å². The van der Waals surface area contributed by atoms with Gasteiger partial charge in [-0.15, -0.1) is 11.3 Å². The molecule has 0 bridgehead atoms. The van der Waals surface area contributed by atoms with Crippen LogP contribution in [0.4, 0.5) is 0 Å². The van der Waals surface area contributed by atoms with Gasteiger partial charge in [-0.1, -0.05) is 0 Å². The van der Waals surface area contributed by atoms with Gasteiger partial charge in [0.2, 0.25) is 6.79 Å². The van der Waals surface area contributed by atoms with Crippen molar-refractivity contribution in [2.75, 3.05) is 13.3 Å². The summed E-state index contributed by atoms with van der Waals surface area (Å²) < 4.78 is 16.2. The summed E-state index contributed by atoms with van der Waals surface area (Å²) in [6, 6.07) is 5.39. The van der Waals surface area contributed by atoms with Gasteiger partial charge >= 0.3 is 0 Å². The Labute approximate surface area is 125 Å². The van der Waals surface area contributed by atoms with Gasteiger partial charge in [-0.3, -0.25) is 4.79 Å². The van der Waals surface area contributed by atoms with Crippen molar-refractivity contribution in [1.82, 2.24) is 10.3 Å². The number of thiazole rings is 1. The van der Waals surface area contributed by atoms with Gasteiger partial charge in [0, 0.05) is 18.0 Å². The number of ether oxygens (including phenoxy) is 3. The molecule has 1 aliphatic heterocycles. The maximum Gasteiger partial charge on any atom is 0.270 e. The van der Waals surface area contributed by atoms with E-state index in [1.165, 1.54) is 11.3 Å². The lowest BCUT2D eigenvalue weighted by atomic mass is 10.3. The number of rotatable bonds is 5. The monoisotopic (exact) mass is 306 g/mol. The third-order valence-corrected chi connectivity index (χ3v) is 3.65. The van der Waals surface area contributed by atoms with E-state index in [1.807, 2.05) is 13.0 Å². The van der Waals surface area contributed by atoms with Crippen LogP contribution in [0.15, 0.2) is 23.6 Å². The number of amides is 1. The summed E-state index contributed by atoms with van der Waals surface area (Å²) in [5.41, 5.74) is 0.422.